The Kier molecular flexibility index (Phi) is 9.58. The summed E-state index contributed by atoms with van der Waals surface area (Å²) in [5.41, 5.74) is 6.02. The molecule has 1 amide bonds. The molecule has 0 aliphatic heterocycles. The van der Waals surface area contributed by atoms with E-state index in [4.69, 9.17) is 16.3 Å². The first-order chi connectivity index (χ1) is 20.9. The van der Waals surface area contributed by atoms with Crippen LogP contribution in [0.5, 0.6) is 0 Å². The van der Waals surface area contributed by atoms with E-state index >= 15 is 0 Å². The molecular formula is C32H32ClN7O3. The summed E-state index contributed by atoms with van der Waals surface area (Å²) in [7, 11) is 1.33. The lowest BCUT2D eigenvalue weighted by atomic mass is 9.98. The maximum atomic E-state index is 13.4. The highest BCUT2D eigenvalue weighted by Gasteiger charge is 2.22. The average Bonchev–Trinajstić information content (AvgIpc) is 3.70. The molecule has 0 fully saturated rings. The molecule has 11 heteroatoms. The summed E-state index contributed by atoms with van der Waals surface area (Å²) in [5.74, 6) is -0.240. The van der Waals surface area contributed by atoms with Gasteiger partial charge in [0.2, 0.25) is 5.82 Å². The second kappa shape index (κ2) is 13.9. The van der Waals surface area contributed by atoms with Crippen LogP contribution < -0.4 is 5.32 Å². The summed E-state index contributed by atoms with van der Waals surface area (Å²) < 4.78 is 6.73. The van der Waals surface area contributed by atoms with E-state index in [1.54, 1.807) is 6.07 Å². The maximum Gasteiger partial charge on any atom is 0.307 e. The topological polar surface area (TPSA) is 128 Å². The van der Waals surface area contributed by atoms with Crippen LogP contribution in [0.25, 0.3) is 22.5 Å². The normalized spacial score (nSPS) is 11.7. The van der Waals surface area contributed by atoms with Crippen LogP contribution in [-0.2, 0) is 28.9 Å². The number of H-pyrrole nitrogens is 1. The molecule has 0 aliphatic rings. The third kappa shape index (κ3) is 7.34. The number of carbonyl (C=O) groups is 2. The third-order valence-corrected chi connectivity index (χ3v) is 7.48. The molecule has 3 aromatic carbocycles. The molecule has 10 nitrogen and oxygen atoms in total. The van der Waals surface area contributed by atoms with Crippen molar-refractivity contribution in [2.24, 2.45) is 0 Å². The Bertz CT molecular complexity index is 1680. The van der Waals surface area contributed by atoms with Crippen molar-refractivity contribution in [3.05, 3.63) is 106 Å². The van der Waals surface area contributed by atoms with E-state index in [1.807, 2.05) is 53.2 Å². The number of carbonyl (C=O) groups excluding carboxylic acids is 2. The number of nitrogens with zero attached hydrogens (tertiary/aromatic N) is 5. The second-order valence-electron chi connectivity index (χ2n) is 10.2. The van der Waals surface area contributed by atoms with Gasteiger partial charge >= 0.3 is 5.97 Å². The van der Waals surface area contributed by atoms with Gasteiger partial charge in [-0.3, -0.25) is 14.3 Å². The van der Waals surface area contributed by atoms with Gasteiger partial charge in [-0.25, -0.2) is 0 Å². The summed E-state index contributed by atoms with van der Waals surface area (Å²) in [6, 6.07) is 24.8. The van der Waals surface area contributed by atoms with Crippen molar-refractivity contribution in [2.45, 2.75) is 45.2 Å². The van der Waals surface area contributed by atoms with Gasteiger partial charge in [-0.15, -0.1) is 10.2 Å². The number of hydrogen-bond acceptors (Lipinski definition) is 7. The fraction of sp³-hybridized carbons (Fsp3) is 0.250. The summed E-state index contributed by atoms with van der Waals surface area (Å²) in [6.07, 6.45) is 2.06. The minimum atomic E-state index is -0.512. The molecule has 1 unspecified atom stereocenters. The fourth-order valence-corrected chi connectivity index (χ4v) is 5.19. The van der Waals surface area contributed by atoms with Crippen molar-refractivity contribution in [1.29, 1.82) is 0 Å². The monoisotopic (exact) mass is 597 g/mol. The highest BCUT2D eigenvalue weighted by Crippen LogP contribution is 2.30. The van der Waals surface area contributed by atoms with Crippen LogP contribution in [0.3, 0.4) is 0 Å². The number of amides is 1. The van der Waals surface area contributed by atoms with Crippen molar-refractivity contribution in [1.82, 2.24) is 35.7 Å². The van der Waals surface area contributed by atoms with Crippen LogP contribution in [0.15, 0.2) is 78.9 Å². The van der Waals surface area contributed by atoms with Crippen LogP contribution in [0.2, 0.25) is 5.02 Å². The molecule has 0 saturated carbocycles. The quantitative estimate of drug-likeness (QED) is 0.187. The number of rotatable bonds is 12. The van der Waals surface area contributed by atoms with Crippen LogP contribution in [-0.4, -0.2) is 55.4 Å². The van der Waals surface area contributed by atoms with Crippen molar-refractivity contribution in [3.63, 3.8) is 0 Å². The van der Waals surface area contributed by atoms with E-state index in [9.17, 15) is 9.59 Å². The number of halogens is 1. The third-order valence-electron chi connectivity index (χ3n) is 7.11. The van der Waals surface area contributed by atoms with Gasteiger partial charge in [-0.2, -0.15) is 10.3 Å². The first kappa shape index (κ1) is 29.7. The van der Waals surface area contributed by atoms with Crippen molar-refractivity contribution in [3.8, 4) is 22.5 Å². The number of esters is 1. The molecule has 220 valence electrons. The maximum absolute atomic E-state index is 13.4. The predicted octanol–water partition coefficient (Wildman–Crippen LogP) is 5.29. The van der Waals surface area contributed by atoms with Gasteiger partial charge in [0.25, 0.3) is 5.91 Å². The Hall–Kier alpha value is -4.83. The Balaban J connectivity index is 1.33. The number of ether oxygens (including phenoxy) is 1. The number of aryl methyl sites for hydroxylation is 1. The van der Waals surface area contributed by atoms with Crippen LogP contribution in [0.4, 0.5) is 0 Å². The zero-order valence-electron chi connectivity index (χ0n) is 24.0. The molecule has 5 aromatic rings. The van der Waals surface area contributed by atoms with E-state index in [0.717, 1.165) is 46.4 Å². The zero-order chi connectivity index (χ0) is 30.2. The lowest BCUT2D eigenvalue weighted by Gasteiger charge is -2.18. The van der Waals surface area contributed by atoms with Crippen molar-refractivity contribution < 1.29 is 14.3 Å². The SMILES string of the molecule is CCCc1cc(C(=O)NC(CC(=O)OC)Cc2ccccc2Cl)nn1Cc1ccc(-c2ccccc2-c2nn[nH]n2)cc1. The molecule has 1 atom stereocenters. The van der Waals surface area contributed by atoms with E-state index in [1.165, 1.54) is 7.11 Å². The molecule has 0 saturated heterocycles. The predicted molar refractivity (Wildman–Crippen MR) is 163 cm³/mol. The molecule has 0 aliphatic carbocycles. The fourth-order valence-electron chi connectivity index (χ4n) is 4.98. The number of benzene rings is 3. The number of tetrazole rings is 1. The first-order valence-corrected chi connectivity index (χ1v) is 14.4. The smallest absolute Gasteiger partial charge is 0.307 e. The van der Waals surface area contributed by atoms with Gasteiger partial charge in [0.05, 0.1) is 20.1 Å². The van der Waals surface area contributed by atoms with Crippen molar-refractivity contribution in [2.75, 3.05) is 7.11 Å². The minimum Gasteiger partial charge on any atom is -0.469 e. The van der Waals surface area contributed by atoms with Gasteiger partial charge in [0, 0.05) is 22.3 Å². The van der Waals surface area contributed by atoms with Crippen LogP contribution >= 0.6 is 11.6 Å². The summed E-state index contributed by atoms with van der Waals surface area (Å²) >= 11 is 6.35. The van der Waals surface area contributed by atoms with Gasteiger partial charge in [-0.05, 0) is 52.4 Å². The number of nitrogens with one attached hydrogen (secondary N) is 2. The molecular weight excluding hydrogens is 566 g/mol. The standard InChI is InChI=1S/C32H32ClN7O3/c1-3-8-25-19-29(32(42)34-24(18-30(41)43-2)17-23-9-4-7-12-28(23)33)37-40(25)20-21-13-15-22(16-14-21)26-10-5-6-11-27(26)31-35-38-39-36-31/h4-7,9-16,19,24H,3,8,17-18,20H2,1-2H3,(H,34,42)(H,35,36,38,39). The lowest BCUT2D eigenvalue weighted by Crippen LogP contribution is -2.38. The highest BCUT2D eigenvalue weighted by molar-refractivity contribution is 6.31. The highest BCUT2D eigenvalue weighted by atomic mass is 35.5. The first-order valence-electron chi connectivity index (χ1n) is 14.0. The summed E-state index contributed by atoms with van der Waals surface area (Å²) in [5, 5.41) is 22.7. The minimum absolute atomic E-state index is 0.0121. The molecule has 43 heavy (non-hydrogen) atoms. The number of methoxy groups -OCH3 is 1. The largest absolute Gasteiger partial charge is 0.469 e. The Morgan fingerprint density at radius 3 is 2.47 bits per heavy atom. The summed E-state index contributed by atoms with van der Waals surface area (Å²) in [4.78, 5) is 25.5. The zero-order valence-corrected chi connectivity index (χ0v) is 24.7. The number of aromatic amines is 1. The van der Waals surface area contributed by atoms with Crippen LogP contribution in [0.1, 0.15) is 47.1 Å². The van der Waals surface area contributed by atoms with Crippen LogP contribution in [0, 0.1) is 0 Å². The van der Waals surface area contributed by atoms with Gasteiger partial charge in [-0.1, -0.05) is 91.7 Å². The van der Waals surface area contributed by atoms with Gasteiger partial charge in [0.1, 0.15) is 5.69 Å². The Labute approximate surface area is 254 Å². The molecule has 2 N–H and O–H groups in total. The van der Waals surface area contributed by atoms with Gasteiger partial charge in [0.15, 0.2) is 0 Å². The second-order valence-corrected chi connectivity index (χ2v) is 10.6. The molecule has 0 radical (unpaired) electrons. The van der Waals surface area contributed by atoms with Crippen molar-refractivity contribution >= 4 is 23.5 Å². The van der Waals surface area contributed by atoms with E-state index in [2.05, 4.69) is 62.2 Å². The molecule has 5 rings (SSSR count). The molecule has 0 bridgehead atoms. The molecule has 2 aromatic heterocycles. The summed E-state index contributed by atoms with van der Waals surface area (Å²) in [6.45, 7) is 2.59. The molecule has 0 spiro atoms. The lowest BCUT2D eigenvalue weighted by molar-refractivity contribution is -0.141. The average molecular weight is 598 g/mol. The number of aromatic nitrogens is 6. The Morgan fingerprint density at radius 1 is 1.02 bits per heavy atom. The van der Waals surface area contributed by atoms with E-state index in [0.29, 0.717) is 29.5 Å². The van der Waals surface area contributed by atoms with E-state index < -0.39 is 12.0 Å². The molecule has 2 heterocycles. The van der Waals surface area contributed by atoms with E-state index in [-0.39, 0.29) is 12.3 Å². The number of hydrogen-bond donors (Lipinski definition) is 2. The Morgan fingerprint density at radius 2 is 1.77 bits per heavy atom. The van der Waals surface area contributed by atoms with Gasteiger partial charge < -0.3 is 10.1 Å².